The third-order valence-electron chi connectivity index (χ3n) is 3.05. The Bertz CT molecular complexity index is 458. The van der Waals surface area contributed by atoms with Crippen molar-refractivity contribution in [2.24, 2.45) is 0 Å². The Morgan fingerprint density at radius 3 is 2.21 bits per heavy atom. The normalized spacial score (nSPS) is 11.1. The van der Waals surface area contributed by atoms with Gasteiger partial charge in [-0.05, 0) is 24.5 Å². The van der Waals surface area contributed by atoms with Gasteiger partial charge in [0.25, 0.3) is 10.1 Å². The molecule has 0 heterocycles. The molecule has 0 aliphatic heterocycles. The monoisotopic (exact) mass is 312 g/mol. The molecule has 0 radical (unpaired) electrons. The van der Waals surface area contributed by atoms with Crippen molar-refractivity contribution in [3.8, 4) is 0 Å². The first-order valence-corrected chi connectivity index (χ1v) is 8.05. The minimum atomic E-state index is -4.08. The molecule has 19 heavy (non-hydrogen) atoms. The van der Waals surface area contributed by atoms with Crippen LogP contribution in [0, 0.1) is 0 Å². The Labute approximate surface area is 146 Å². The summed E-state index contributed by atoms with van der Waals surface area (Å²) in [6.45, 7) is 2.18. The standard InChI is InChI=1S/C14H22O3S.Ca.2H/c1-2-3-4-5-6-7-10-13-11-8-9-12-14(13)18(15,16)17;;;/h8-9,11-12H,2-7,10H2,1H3,(H,15,16,17);;;. The predicted octanol–water partition coefficient (Wildman–Crippen LogP) is 2.92. The summed E-state index contributed by atoms with van der Waals surface area (Å²) in [5, 5.41) is 0. The molecular weight excluding hydrogens is 288 g/mol. The summed E-state index contributed by atoms with van der Waals surface area (Å²) in [5.41, 5.74) is 0.718. The second-order valence-electron chi connectivity index (χ2n) is 4.60. The van der Waals surface area contributed by atoms with E-state index in [-0.39, 0.29) is 42.6 Å². The van der Waals surface area contributed by atoms with Crippen molar-refractivity contribution >= 4 is 47.9 Å². The number of rotatable bonds is 8. The van der Waals surface area contributed by atoms with Crippen LogP contribution in [0.5, 0.6) is 0 Å². The maximum atomic E-state index is 11.2. The van der Waals surface area contributed by atoms with Crippen molar-refractivity contribution in [2.75, 3.05) is 0 Å². The first-order valence-electron chi connectivity index (χ1n) is 6.61. The molecule has 0 aliphatic carbocycles. The van der Waals surface area contributed by atoms with E-state index in [2.05, 4.69) is 6.92 Å². The van der Waals surface area contributed by atoms with Crippen LogP contribution in [0.1, 0.15) is 51.0 Å². The Hall–Kier alpha value is 0.390. The van der Waals surface area contributed by atoms with Crippen LogP contribution < -0.4 is 0 Å². The van der Waals surface area contributed by atoms with Crippen LogP contribution in [-0.2, 0) is 16.5 Å². The van der Waals surface area contributed by atoms with Gasteiger partial charge in [0, 0.05) is 0 Å². The molecular formula is C14H24CaO3S. The number of benzene rings is 1. The van der Waals surface area contributed by atoms with Gasteiger partial charge in [-0.2, -0.15) is 8.42 Å². The van der Waals surface area contributed by atoms with E-state index in [0.29, 0.717) is 6.42 Å². The van der Waals surface area contributed by atoms with Gasteiger partial charge in [-0.15, -0.1) is 0 Å². The molecule has 0 amide bonds. The van der Waals surface area contributed by atoms with Crippen molar-refractivity contribution in [2.45, 2.75) is 56.8 Å². The number of unbranched alkanes of at least 4 members (excludes halogenated alkanes) is 5. The Balaban J connectivity index is 0.00000324. The van der Waals surface area contributed by atoms with Crippen LogP contribution in [0.4, 0.5) is 0 Å². The molecule has 0 spiro atoms. The molecule has 1 aromatic rings. The Morgan fingerprint density at radius 2 is 1.58 bits per heavy atom. The van der Waals surface area contributed by atoms with Crippen LogP contribution >= 0.6 is 0 Å². The van der Waals surface area contributed by atoms with E-state index in [1.807, 2.05) is 0 Å². The van der Waals surface area contributed by atoms with E-state index in [4.69, 9.17) is 4.55 Å². The molecule has 0 aliphatic rings. The summed E-state index contributed by atoms with van der Waals surface area (Å²) in [6, 6.07) is 6.67. The van der Waals surface area contributed by atoms with E-state index in [1.54, 1.807) is 18.2 Å². The summed E-state index contributed by atoms with van der Waals surface area (Å²) in [7, 11) is -4.08. The number of hydrogen-bond acceptors (Lipinski definition) is 2. The molecule has 0 unspecified atom stereocenters. The molecule has 5 heteroatoms. The van der Waals surface area contributed by atoms with Crippen LogP contribution in [-0.4, -0.2) is 50.7 Å². The van der Waals surface area contributed by atoms with Crippen molar-refractivity contribution in [3.05, 3.63) is 29.8 Å². The maximum absolute atomic E-state index is 11.2. The van der Waals surface area contributed by atoms with Gasteiger partial charge in [0.05, 0.1) is 4.90 Å². The third kappa shape index (κ3) is 7.66. The average molecular weight is 312 g/mol. The molecule has 1 aromatic carbocycles. The zero-order valence-corrected chi connectivity index (χ0v) is 11.7. The second-order valence-corrected chi connectivity index (χ2v) is 5.99. The first-order chi connectivity index (χ1) is 8.55. The molecule has 3 nitrogen and oxygen atoms in total. The molecule has 0 fully saturated rings. The summed E-state index contributed by atoms with van der Waals surface area (Å²) in [6.07, 6.45) is 7.73. The van der Waals surface area contributed by atoms with E-state index in [9.17, 15) is 8.42 Å². The fourth-order valence-electron chi connectivity index (χ4n) is 2.06. The predicted molar refractivity (Wildman–Crippen MR) is 81.9 cm³/mol. The molecule has 0 atom stereocenters. The van der Waals surface area contributed by atoms with Crippen molar-refractivity contribution in [1.29, 1.82) is 0 Å². The third-order valence-corrected chi connectivity index (χ3v) is 4.00. The van der Waals surface area contributed by atoms with Gasteiger partial charge in [0.15, 0.2) is 0 Å². The molecule has 106 valence electrons. The topological polar surface area (TPSA) is 54.4 Å². The summed E-state index contributed by atoms with van der Waals surface area (Å²) in [5.74, 6) is 0. The minimum absolute atomic E-state index is 0. The Kier molecular flexibility index (Phi) is 10.4. The van der Waals surface area contributed by atoms with Crippen molar-refractivity contribution < 1.29 is 13.0 Å². The first kappa shape index (κ1) is 19.4. The van der Waals surface area contributed by atoms with Gasteiger partial charge < -0.3 is 0 Å². The van der Waals surface area contributed by atoms with E-state index >= 15 is 0 Å². The van der Waals surface area contributed by atoms with Gasteiger partial charge in [-0.1, -0.05) is 57.2 Å². The van der Waals surface area contributed by atoms with Crippen LogP contribution in [0.25, 0.3) is 0 Å². The number of hydrogen-bond donors (Lipinski definition) is 1. The SMILES string of the molecule is CCCCCCCCc1ccccc1S(=O)(=O)O.[CaH2]. The number of aryl methyl sites for hydroxylation is 1. The van der Waals surface area contributed by atoms with Crippen molar-refractivity contribution in [1.82, 2.24) is 0 Å². The van der Waals surface area contributed by atoms with Gasteiger partial charge in [-0.25, -0.2) is 0 Å². The summed E-state index contributed by atoms with van der Waals surface area (Å²) >= 11 is 0. The van der Waals surface area contributed by atoms with Crippen LogP contribution in [0.2, 0.25) is 0 Å². The van der Waals surface area contributed by atoms with Crippen LogP contribution in [0.3, 0.4) is 0 Å². The molecule has 0 bridgehead atoms. The zero-order chi connectivity index (χ0) is 13.4. The Morgan fingerprint density at radius 1 is 1.00 bits per heavy atom. The molecule has 1 rings (SSSR count). The van der Waals surface area contributed by atoms with E-state index in [0.717, 1.165) is 18.4 Å². The fourth-order valence-corrected chi connectivity index (χ4v) is 2.81. The van der Waals surface area contributed by atoms with Crippen LogP contribution in [0.15, 0.2) is 29.2 Å². The summed E-state index contributed by atoms with van der Waals surface area (Å²) in [4.78, 5) is 0.0542. The summed E-state index contributed by atoms with van der Waals surface area (Å²) < 4.78 is 31.5. The van der Waals surface area contributed by atoms with E-state index in [1.165, 1.54) is 31.7 Å². The molecule has 0 saturated carbocycles. The van der Waals surface area contributed by atoms with E-state index < -0.39 is 10.1 Å². The van der Waals surface area contributed by atoms with Crippen molar-refractivity contribution in [3.63, 3.8) is 0 Å². The quantitative estimate of drug-likeness (QED) is 0.456. The van der Waals surface area contributed by atoms with Gasteiger partial charge in [0.2, 0.25) is 0 Å². The molecule has 0 saturated heterocycles. The fraction of sp³-hybridized carbons (Fsp3) is 0.571. The average Bonchev–Trinajstić information content (AvgIpc) is 2.33. The second kappa shape index (κ2) is 10.2. The molecule has 1 N–H and O–H groups in total. The van der Waals surface area contributed by atoms with Gasteiger partial charge in [-0.3, -0.25) is 4.55 Å². The molecule has 0 aromatic heterocycles. The van der Waals surface area contributed by atoms with Gasteiger partial charge in [0.1, 0.15) is 0 Å². The zero-order valence-electron chi connectivity index (χ0n) is 10.9. The van der Waals surface area contributed by atoms with Gasteiger partial charge >= 0.3 is 37.7 Å².